The van der Waals surface area contributed by atoms with Crippen LogP contribution in [0.3, 0.4) is 0 Å². The molecule has 3 aromatic rings. The molecule has 0 atom stereocenters. The first kappa shape index (κ1) is 17.4. The van der Waals surface area contributed by atoms with Crippen LogP contribution in [0.1, 0.15) is 23.2 Å². The van der Waals surface area contributed by atoms with E-state index in [1.54, 1.807) is 35.0 Å². The molecule has 1 saturated heterocycles. The van der Waals surface area contributed by atoms with Crippen LogP contribution in [0.5, 0.6) is 0 Å². The van der Waals surface area contributed by atoms with Gasteiger partial charge in [-0.05, 0) is 30.9 Å². The minimum Gasteiger partial charge on any atom is -0.465 e. The van der Waals surface area contributed by atoms with Gasteiger partial charge in [0.1, 0.15) is 0 Å². The van der Waals surface area contributed by atoms with Crippen molar-refractivity contribution >= 4 is 17.3 Å². The van der Waals surface area contributed by atoms with Crippen molar-refractivity contribution in [3.8, 4) is 11.3 Å². The fourth-order valence-electron chi connectivity index (χ4n) is 3.31. The number of esters is 1. The number of carbonyl (C=O) groups is 1. The standard InChI is InChI=1S/C19H20N4O4/c1-26-18(24)14-4-2-13(3-5-14)15-10-20-16-17(21-15)23(19(25)22-16)11-12-6-8-27-9-7-12/h2-5,10,12H,6-9,11H2,1H3,(H,20,22,25). The van der Waals surface area contributed by atoms with Gasteiger partial charge in [0.15, 0.2) is 11.3 Å². The predicted octanol–water partition coefficient (Wildman–Crippen LogP) is 2.00. The van der Waals surface area contributed by atoms with Gasteiger partial charge in [0.2, 0.25) is 0 Å². The van der Waals surface area contributed by atoms with Crippen molar-refractivity contribution in [2.24, 2.45) is 5.92 Å². The molecule has 4 rings (SSSR count). The van der Waals surface area contributed by atoms with E-state index in [1.807, 2.05) is 0 Å². The number of hydrogen-bond acceptors (Lipinski definition) is 6. The third-order valence-electron chi connectivity index (χ3n) is 4.86. The first-order chi connectivity index (χ1) is 13.2. The second-order valence-electron chi connectivity index (χ2n) is 6.59. The molecule has 1 aliphatic heterocycles. The molecule has 1 aliphatic rings. The van der Waals surface area contributed by atoms with Gasteiger partial charge in [-0.3, -0.25) is 9.55 Å². The number of carbonyl (C=O) groups excluding carboxylic acids is 1. The van der Waals surface area contributed by atoms with E-state index in [0.717, 1.165) is 31.6 Å². The lowest BCUT2D eigenvalue weighted by Crippen LogP contribution is -2.26. The number of fused-ring (bicyclic) bond motifs is 1. The highest BCUT2D eigenvalue weighted by atomic mass is 16.5. The van der Waals surface area contributed by atoms with E-state index in [1.165, 1.54) is 7.11 Å². The molecule has 2 aromatic heterocycles. The normalized spacial score (nSPS) is 15.1. The van der Waals surface area contributed by atoms with Crippen LogP contribution in [0.2, 0.25) is 0 Å². The maximum absolute atomic E-state index is 12.4. The topological polar surface area (TPSA) is 99.1 Å². The Morgan fingerprint density at radius 2 is 2.04 bits per heavy atom. The predicted molar refractivity (Wildman–Crippen MR) is 98.5 cm³/mol. The lowest BCUT2D eigenvalue weighted by molar-refractivity contribution is 0.0600. The smallest absolute Gasteiger partial charge is 0.337 e. The number of hydrogen-bond donors (Lipinski definition) is 1. The summed E-state index contributed by atoms with van der Waals surface area (Å²) in [6, 6.07) is 6.93. The molecule has 0 radical (unpaired) electrons. The second kappa shape index (κ2) is 7.32. The molecule has 1 fully saturated rings. The average molecular weight is 368 g/mol. The third kappa shape index (κ3) is 3.48. The van der Waals surface area contributed by atoms with Crippen molar-refractivity contribution in [1.82, 2.24) is 19.5 Å². The van der Waals surface area contributed by atoms with Gasteiger partial charge in [0.05, 0.1) is 24.6 Å². The van der Waals surface area contributed by atoms with Gasteiger partial charge in [-0.25, -0.2) is 19.6 Å². The number of benzene rings is 1. The van der Waals surface area contributed by atoms with Crippen molar-refractivity contribution in [1.29, 1.82) is 0 Å². The zero-order chi connectivity index (χ0) is 18.8. The summed E-state index contributed by atoms with van der Waals surface area (Å²) in [7, 11) is 1.35. The molecular weight excluding hydrogens is 348 g/mol. The van der Waals surface area contributed by atoms with Crippen LogP contribution in [0.4, 0.5) is 0 Å². The van der Waals surface area contributed by atoms with Crippen LogP contribution < -0.4 is 5.69 Å². The number of ether oxygens (including phenoxy) is 2. The molecule has 0 bridgehead atoms. The van der Waals surface area contributed by atoms with E-state index in [2.05, 4.69) is 15.0 Å². The Bertz CT molecular complexity index is 1020. The highest BCUT2D eigenvalue weighted by Crippen LogP contribution is 2.21. The van der Waals surface area contributed by atoms with Crippen molar-refractivity contribution < 1.29 is 14.3 Å². The Kier molecular flexibility index (Phi) is 4.72. The molecule has 3 heterocycles. The monoisotopic (exact) mass is 368 g/mol. The van der Waals surface area contributed by atoms with Gasteiger partial charge in [-0.15, -0.1) is 0 Å². The van der Waals surface area contributed by atoms with Crippen LogP contribution >= 0.6 is 0 Å². The molecule has 140 valence electrons. The Labute approximate surface area is 155 Å². The molecule has 8 nitrogen and oxygen atoms in total. The fraction of sp³-hybridized carbons (Fsp3) is 0.368. The van der Waals surface area contributed by atoms with Crippen LogP contribution in [-0.2, 0) is 16.0 Å². The Morgan fingerprint density at radius 1 is 1.30 bits per heavy atom. The number of nitrogens with zero attached hydrogens (tertiary/aromatic N) is 3. The largest absolute Gasteiger partial charge is 0.465 e. The number of methoxy groups -OCH3 is 1. The van der Waals surface area contributed by atoms with E-state index >= 15 is 0 Å². The zero-order valence-corrected chi connectivity index (χ0v) is 15.0. The highest BCUT2D eigenvalue weighted by Gasteiger charge is 2.18. The van der Waals surface area contributed by atoms with Crippen LogP contribution in [0.15, 0.2) is 35.3 Å². The summed E-state index contributed by atoms with van der Waals surface area (Å²) >= 11 is 0. The van der Waals surface area contributed by atoms with Crippen molar-refractivity contribution in [3.63, 3.8) is 0 Å². The van der Waals surface area contributed by atoms with Crippen molar-refractivity contribution in [2.75, 3.05) is 20.3 Å². The summed E-state index contributed by atoms with van der Waals surface area (Å²) in [6.07, 6.45) is 3.48. The molecule has 1 aromatic carbocycles. The van der Waals surface area contributed by atoms with Crippen LogP contribution in [-0.4, -0.2) is 45.8 Å². The van der Waals surface area contributed by atoms with E-state index in [4.69, 9.17) is 9.47 Å². The van der Waals surface area contributed by atoms with Gasteiger partial charge in [0.25, 0.3) is 0 Å². The van der Waals surface area contributed by atoms with Gasteiger partial charge < -0.3 is 9.47 Å². The SMILES string of the molecule is COC(=O)c1ccc(-c2cnc3[nH]c(=O)n(CC4CCOCC4)c3n2)cc1. The maximum Gasteiger partial charge on any atom is 0.337 e. The van der Waals surface area contributed by atoms with Gasteiger partial charge in [0, 0.05) is 25.3 Å². The van der Waals surface area contributed by atoms with Crippen LogP contribution in [0, 0.1) is 5.92 Å². The maximum atomic E-state index is 12.4. The van der Waals surface area contributed by atoms with E-state index in [-0.39, 0.29) is 11.7 Å². The third-order valence-corrected chi connectivity index (χ3v) is 4.86. The Balaban J connectivity index is 1.67. The first-order valence-electron chi connectivity index (χ1n) is 8.88. The first-order valence-corrected chi connectivity index (χ1v) is 8.88. The van der Waals surface area contributed by atoms with E-state index in [0.29, 0.717) is 35.0 Å². The molecule has 0 saturated carbocycles. The Hall–Kier alpha value is -3.00. The summed E-state index contributed by atoms with van der Waals surface area (Å²) in [5, 5.41) is 0. The quantitative estimate of drug-likeness (QED) is 0.707. The number of aromatic nitrogens is 4. The average Bonchev–Trinajstić information content (AvgIpc) is 3.03. The second-order valence-corrected chi connectivity index (χ2v) is 6.59. The molecule has 0 spiro atoms. The molecule has 0 aliphatic carbocycles. The summed E-state index contributed by atoms with van der Waals surface area (Å²) in [5.41, 5.74) is 2.73. The lowest BCUT2D eigenvalue weighted by atomic mass is 10.0. The summed E-state index contributed by atoms with van der Waals surface area (Å²) in [4.78, 5) is 35.7. The van der Waals surface area contributed by atoms with E-state index < -0.39 is 0 Å². The molecule has 0 unspecified atom stereocenters. The van der Waals surface area contributed by atoms with Crippen LogP contribution in [0.25, 0.3) is 22.6 Å². The number of aromatic amines is 1. The molecule has 27 heavy (non-hydrogen) atoms. The minimum absolute atomic E-state index is 0.199. The summed E-state index contributed by atoms with van der Waals surface area (Å²) < 4.78 is 11.8. The molecule has 1 N–H and O–H groups in total. The van der Waals surface area contributed by atoms with Gasteiger partial charge in [-0.2, -0.15) is 0 Å². The van der Waals surface area contributed by atoms with Crippen molar-refractivity contribution in [2.45, 2.75) is 19.4 Å². The summed E-state index contributed by atoms with van der Waals surface area (Å²) in [6.45, 7) is 2.05. The number of rotatable bonds is 4. The Morgan fingerprint density at radius 3 is 2.74 bits per heavy atom. The zero-order valence-electron chi connectivity index (χ0n) is 15.0. The highest BCUT2D eigenvalue weighted by molar-refractivity contribution is 5.89. The number of imidazole rings is 1. The minimum atomic E-state index is -0.390. The summed E-state index contributed by atoms with van der Waals surface area (Å²) in [5.74, 6) is -0.000679. The molecular formula is C19H20N4O4. The molecule has 0 amide bonds. The molecule has 8 heteroatoms. The van der Waals surface area contributed by atoms with Gasteiger partial charge in [-0.1, -0.05) is 12.1 Å². The fourth-order valence-corrected chi connectivity index (χ4v) is 3.31. The van der Waals surface area contributed by atoms with Crippen molar-refractivity contribution in [3.05, 3.63) is 46.5 Å². The van der Waals surface area contributed by atoms with E-state index in [9.17, 15) is 9.59 Å². The van der Waals surface area contributed by atoms with Gasteiger partial charge >= 0.3 is 11.7 Å². The number of nitrogens with one attached hydrogen (secondary N) is 1. The lowest BCUT2D eigenvalue weighted by Gasteiger charge is -2.21. The number of H-pyrrole nitrogens is 1.